The summed E-state index contributed by atoms with van der Waals surface area (Å²) in [5.41, 5.74) is 5.54. The van der Waals surface area contributed by atoms with Gasteiger partial charge in [-0.1, -0.05) is 0 Å². The molecule has 0 aliphatic carbocycles. The molecule has 0 radical (unpaired) electrons. The Kier molecular flexibility index (Phi) is 1.34. The zero-order valence-corrected chi connectivity index (χ0v) is 6.12. The van der Waals surface area contributed by atoms with Gasteiger partial charge in [0.05, 0.1) is 18.6 Å². The van der Waals surface area contributed by atoms with Crippen LogP contribution in [0.3, 0.4) is 0 Å². The van der Waals surface area contributed by atoms with Gasteiger partial charge in [0, 0.05) is 13.0 Å². The quantitative estimate of drug-likeness (QED) is 0.463. The van der Waals surface area contributed by atoms with E-state index in [1.165, 1.54) is 0 Å². The molecular formula is C7H10N2O2. The highest BCUT2D eigenvalue weighted by molar-refractivity contribution is 6.00. The fraction of sp³-hybridized carbons (Fsp3) is 0.714. The molecule has 2 heterocycles. The molecule has 60 valence electrons. The number of hydrogen-bond acceptors (Lipinski definition) is 4. The van der Waals surface area contributed by atoms with Crippen molar-refractivity contribution in [2.45, 2.75) is 18.5 Å². The van der Waals surface area contributed by atoms with Crippen LogP contribution >= 0.6 is 0 Å². The second-order valence-electron chi connectivity index (χ2n) is 3.12. The summed E-state index contributed by atoms with van der Waals surface area (Å²) in [5.74, 6) is 0.131. The first-order chi connectivity index (χ1) is 5.20. The van der Waals surface area contributed by atoms with Crippen molar-refractivity contribution in [3.8, 4) is 0 Å². The van der Waals surface area contributed by atoms with E-state index < -0.39 is 6.04 Å². The van der Waals surface area contributed by atoms with Crippen molar-refractivity contribution in [2.75, 3.05) is 13.1 Å². The summed E-state index contributed by atoms with van der Waals surface area (Å²) >= 11 is 0. The van der Waals surface area contributed by atoms with Gasteiger partial charge in [-0.3, -0.25) is 14.5 Å². The third-order valence-electron chi connectivity index (χ3n) is 2.44. The summed E-state index contributed by atoms with van der Waals surface area (Å²) in [6.45, 7) is 1.08. The highest BCUT2D eigenvalue weighted by atomic mass is 16.1. The van der Waals surface area contributed by atoms with E-state index in [-0.39, 0.29) is 17.6 Å². The van der Waals surface area contributed by atoms with Crippen LogP contribution in [-0.2, 0) is 9.59 Å². The Balaban J connectivity index is 2.26. The number of nitrogens with zero attached hydrogens (tertiary/aromatic N) is 1. The Morgan fingerprint density at radius 2 is 2.09 bits per heavy atom. The summed E-state index contributed by atoms with van der Waals surface area (Å²) in [6, 6.07) is -0.840. The van der Waals surface area contributed by atoms with E-state index in [4.69, 9.17) is 5.73 Å². The molecule has 4 nitrogen and oxygen atoms in total. The van der Waals surface area contributed by atoms with Gasteiger partial charge in [0.1, 0.15) is 0 Å². The summed E-state index contributed by atoms with van der Waals surface area (Å²) < 4.78 is 0. The molecule has 2 fully saturated rings. The Morgan fingerprint density at radius 1 is 1.36 bits per heavy atom. The molecule has 4 heteroatoms. The number of carbonyl (C=O) groups is 2. The van der Waals surface area contributed by atoms with Crippen LogP contribution in [0.1, 0.15) is 6.42 Å². The molecule has 2 rings (SSSR count). The molecule has 2 N–H and O–H groups in total. The number of ketones is 2. The minimum Gasteiger partial charge on any atom is -0.320 e. The van der Waals surface area contributed by atoms with E-state index in [0.717, 1.165) is 0 Å². The van der Waals surface area contributed by atoms with Gasteiger partial charge < -0.3 is 5.73 Å². The third kappa shape index (κ3) is 0.829. The summed E-state index contributed by atoms with van der Waals surface area (Å²) in [5, 5.41) is 0. The molecule has 0 aromatic heterocycles. The Bertz CT molecular complexity index is 226. The molecular weight excluding hydrogens is 144 g/mol. The number of rotatable bonds is 0. The highest BCUT2D eigenvalue weighted by Gasteiger charge is 2.45. The summed E-state index contributed by atoms with van der Waals surface area (Å²) in [4.78, 5) is 24.0. The van der Waals surface area contributed by atoms with Crippen LogP contribution in [0.5, 0.6) is 0 Å². The Hall–Kier alpha value is -0.740. The molecule has 0 aromatic rings. The van der Waals surface area contributed by atoms with Gasteiger partial charge in [0.2, 0.25) is 0 Å². The van der Waals surface area contributed by atoms with Gasteiger partial charge in [-0.05, 0) is 0 Å². The van der Waals surface area contributed by atoms with Crippen molar-refractivity contribution in [1.82, 2.24) is 4.90 Å². The number of nitrogens with two attached hydrogens (primary N) is 1. The topological polar surface area (TPSA) is 63.4 Å². The first-order valence-corrected chi connectivity index (χ1v) is 3.75. The van der Waals surface area contributed by atoms with E-state index in [0.29, 0.717) is 19.5 Å². The van der Waals surface area contributed by atoms with Crippen LogP contribution in [0.4, 0.5) is 0 Å². The van der Waals surface area contributed by atoms with Crippen molar-refractivity contribution < 1.29 is 9.59 Å². The third-order valence-corrected chi connectivity index (χ3v) is 2.44. The van der Waals surface area contributed by atoms with Crippen LogP contribution in [0.2, 0.25) is 0 Å². The van der Waals surface area contributed by atoms with Gasteiger partial charge in [0.25, 0.3) is 0 Å². The Morgan fingerprint density at radius 3 is 2.73 bits per heavy atom. The maximum absolute atomic E-state index is 11.1. The first kappa shape index (κ1) is 6.94. The van der Waals surface area contributed by atoms with Crippen LogP contribution in [-0.4, -0.2) is 41.6 Å². The van der Waals surface area contributed by atoms with Crippen molar-refractivity contribution >= 4 is 11.6 Å². The van der Waals surface area contributed by atoms with Crippen molar-refractivity contribution in [3.63, 3.8) is 0 Å². The fourth-order valence-electron chi connectivity index (χ4n) is 1.83. The number of hydrogen-bond donors (Lipinski definition) is 1. The molecule has 0 spiro atoms. The molecule has 2 aliphatic rings. The Labute approximate surface area is 64.3 Å². The van der Waals surface area contributed by atoms with E-state index in [1.54, 1.807) is 0 Å². The predicted molar refractivity (Wildman–Crippen MR) is 38.0 cm³/mol. The second-order valence-corrected chi connectivity index (χ2v) is 3.12. The lowest BCUT2D eigenvalue weighted by Gasteiger charge is -2.12. The van der Waals surface area contributed by atoms with Crippen LogP contribution in [0.15, 0.2) is 0 Å². The van der Waals surface area contributed by atoms with E-state index in [2.05, 4.69) is 0 Å². The van der Waals surface area contributed by atoms with Gasteiger partial charge in [-0.2, -0.15) is 0 Å². The van der Waals surface area contributed by atoms with Gasteiger partial charge in [0.15, 0.2) is 11.6 Å². The predicted octanol–water partition coefficient (Wildman–Crippen LogP) is -1.46. The first-order valence-electron chi connectivity index (χ1n) is 3.75. The monoisotopic (exact) mass is 154 g/mol. The molecule has 11 heavy (non-hydrogen) atoms. The lowest BCUT2D eigenvalue weighted by molar-refractivity contribution is -0.122. The zero-order valence-electron chi connectivity index (χ0n) is 6.12. The standard InChI is InChI=1S/C7H10N2O2/c8-6-5(11)3-9-2-1-4(10)7(6)9/h6-7H,1-3,8H2. The molecule has 2 unspecified atom stereocenters. The molecule has 2 atom stereocenters. The smallest absolute Gasteiger partial charge is 0.165 e. The van der Waals surface area contributed by atoms with Gasteiger partial charge in [-0.25, -0.2) is 0 Å². The number of carbonyl (C=O) groups excluding carboxylic acids is 2. The second kappa shape index (κ2) is 2.12. The summed E-state index contributed by atoms with van der Waals surface area (Å²) in [6.07, 6.45) is 0.561. The minimum absolute atomic E-state index is 0.00282. The lowest BCUT2D eigenvalue weighted by Crippen LogP contribution is -2.41. The molecule has 0 saturated carbocycles. The molecule has 0 aromatic carbocycles. The average molecular weight is 154 g/mol. The maximum atomic E-state index is 11.1. The van der Waals surface area contributed by atoms with Gasteiger partial charge >= 0.3 is 0 Å². The molecule has 2 saturated heterocycles. The van der Waals surface area contributed by atoms with E-state index in [1.807, 2.05) is 4.90 Å². The number of fused-ring (bicyclic) bond motifs is 1. The largest absolute Gasteiger partial charge is 0.320 e. The number of Topliss-reactive ketones (excluding diaryl/α,β-unsaturated/α-hetero) is 2. The molecule has 0 bridgehead atoms. The molecule has 2 aliphatic heterocycles. The zero-order chi connectivity index (χ0) is 8.01. The van der Waals surface area contributed by atoms with E-state index >= 15 is 0 Å². The van der Waals surface area contributed by atoms with Crippen LogP contribution in [0, 0.1) is 0 Å². The fourth-order valence-corrected chi connectivity index (χ4v) is 1.83. The van der Waals surface area contributed by atoms with Crippen molar-refractivity contribution in [1.29, 1.82) is 0 Å². The minimum atomic E-state index is -0.551. The average Bonchev–Trinajstić information content (AvgIpc) is 2.41. The molecule has 0 amide bonds. The van der Waals surface area contributed by atoms with Crippen molar-refractivity contribution in [2.24, 2.45) is 5.73 Å². The van der Waals surface area contributed by atoms with Crippen LogP contribution < -0.4 is 5.73 Å². The van der Waals surface area contributed by atoms with Crippen molar-refractivity contribution in [3.05, 3.63) is 0 Å². The normalized spacial score (nSPS) is 38.3. The SMILES string of the molecule is NC1C(=O)CN2CCC(=O)C12. The maximum Gasteiger partial charge on any atom is 0.165 e. The van der Waals surface area contributed by atoms with Crippen LogP contribution in [0.25, 0.3) is 0 Å². The van der Waals surface area contributed by atoms with E-state index in [9.17, 15) is 9.59 Å². The highest BCUT2D eigenvalue weighted by Crippen LogP contribution is 2.21. The summed E-state index contributed by atoms with van der Waals surface area (Å²) in [7, 11) is 0. The lowest BCUT2D eigenvalue weighted by atomic mass is 10.1. The van der Waals surface area contributed by atoms with Gasteiger partial charge in [-0.15, -0.1) is 0 Å².